The van der Waals surface area contributed by atoms with Crippen molar-refractivity contribution in [1.29, 1.82) is 0 Å². The lowest BCUT2D eigenvalue weighted by molar-refractivity contribution is -0.142. The van der Waals surface area contributed by atoms with E-state index in [2.05, 4.69) is 5.32 Å². The highest BCUT2D eigenvalue weighted by molar-refractivity contribution is 5.97. The summed E-state index contributed by atoms with van der Waals surface area (Å²) in [5.41, 5.74) is -1.41. The number of likely N-dealkylation sites (tertiary alicyclic amines) is 1. The zero-order valence-electron chi connectivity index (χ0n) is 14.5. The molecule has 0 bridgehead atoms. The van der Waals surface area contributed by atoms with Gasteiger partial charge in [-0.15, -0.1) is 0 Å². The Morgan fingerprint density at radius 3 is 2.33 bits per heavy atom. The molecule has 2 N–H and O–H groups in total. The summed E-state index contributed by atoms with van der Waals surface area (Å²) in [6.45, 7) is 1.34. The Labute approximate surface area is 153 Å². The molecule has 2 fully saturated rings. The van der Waals surface area contributed by atoms with Gasteiger partial charge < -0.3 is 15.3 Å². The van der Waals surface area contributed by atoms with Crippen LogP contribution in [0.2, 0.25) is 0 Å². The number of nitrogens with one attached hydrogen (secondary N) is 1. The SMILES string of the molecule is CC(=O)Nc1cc(C(=O)N2C[C@H](C(=O)O)[C@@H](C3CC3)C2)cc(C(F)(F)F)c1. The molecule has 6 nitrogen and oxygen atoms in total. The van der Waals surface area contributed by atoms with Crippen molar-refractivity contribution in [1.82, 2.24) is 4.90 Å². The predicted molar refractivity (Wildman–Crippen MR) is 89.0 cm³/mol. The third-order valence-corrected chi connectivity index (χ3v) is 5.02. The topological polar surface area (TPSA) is 86.7 Å². The van der Waals surface area contributed by atoms with Crippen molar-refractivity contribution in [3.8, 4) is 0 Å². The van der Waals surface area contributed by atoms with E-state index in [1.54, 1.807) is 0 Å². The number of alkyl halides is 3. The highest BCUT2D eigenvalue weighted by Gasteiger charge is 2.47. The second-order valence-electron chi connectivity index (χ2n) is 7.13. The van der Waals surface area contributed by atoms with Gasteiger partial charge in [-0.1, -0.05) is 0 Å². The summed E-state index contributed by atoms with van der Waals surface area (Å²) < 4.78 is 39.5. The molecule has 2 amide bonds. The van der Waals surface area contributed by atoms with Crippen molar-refractivity contribution in [2.24, 2.45) is 17.8 Å². The fraction of sp³-hybridized carbons (Fsp3) is 0.500. The van der Waals surface area contributed by atoms with Crippen LogP contribution in [-0.4, -0.2) is 40.9 Å². The number of anilines is 1. The van der Waals surface area contributed by atoms with Gasteiger partial charge >= 0.3 is 12.1 Å². The van der Waals surface area contributed by atoms with E-state index in [1.165, 1.54) is 11.0 Å². The molecule has 3 rings (SSSR count). The largest absolute Gasteiger partial charge is 0.481 e. The normalized spacial score (nSPS) is 22.6. The van der Waals surface area contributed by atoms with Gasteiger partial charge in [-0.3, -0.25) is 14.4 Å². The van der Waals surface area contributed by atoms with Crippen LogP contribution in [0.15, 0.2) is 18.2 Å². The molecule has 1 aromatic rings. The number of hydrogen-bond acceptors (Lipinski definition) is 3. The average molecular weight is 384 g/mol. The number of nitrogens with zero attached hydrogens (tertiary/aromatic N) is 1. The summed E-state index contributed by atoms with van der Waals surface area (Å²) in [5.74, 6) is -2.85. The van der Waals surface area contributed by atoms with Crippen molar-refractivity contribution in [2.45, 2.75) is 25.9 Å². The molecule has 1 aromatic carbocycles. The van der Waals surface area contributed by atoms with E-state index >= 15 is 0 Å². The highest BCUT2D eigenvalue weighted by Crippen LogP contribution is 2.44. The fourth-order valence-electron chi connectivity index (χ4n) is 3.63. The Morgan fingerprint density at radius 2 is 1.81 bits per heavy atom. The summed E-state index contributed by atoms with van der Waals surface area (Å²) in [5, 5.41) is 11.7. The summed E-state index contributed by atoms with van der Waals surface area (Å²) in [6, 6.07) is 2.67. The smallest absolute Gasteiger partial charge is 0.416 e. The minimum absolute atomic E-state index is 0.0267. The van der Waals surface area contributed by atoms with E-state index in [4.69, 9.17) is 0 Å². The second-order valence-corrected chi connectivity index (χ2v) is 7.13. The molecule has 0 unspecified atom stereocenters. The number of carboxylic acids is 1. The summed E-state index contributed by atoms with van der Waals surface area (Å²) in [6.07, 6.45) is -2.87. The Bertz CT molecular complexity index is 789. The van der Waals surface area contributed by atoms with E-state index in [-0.39, 0.29) is 36.2 Å². The lowest BCUT2D eigenvalue weighted by atomic mass is 9.92. The maximum Gasteiger partial charge on any atom is 0.416 e. The third-order valence-electron chi connectivity index (χ3n) is 5.02. The zero-order chi connectivity index (χ0) is 19.9. The first kappa shape index (κ1) is 19.2. The van der Waals surface area contributed by atoms with Gasteiger partial charge in [0.2, 0.25) is 5.91 Å². The maximum atomic E-state index is 13.2. The Kier molecular flexibility index (Phi) is 4.88. The molecule has 0 aromatic heterocycles. The number of carbonyl (C=O) groups is 3. The van der Waals surface area contributed by atoms with Crippen LogP contribution in [-0.2, 0) is 15.8 Å². The number of rotatable bonds is 4. The van der Waals surface area contributed by atoms with Crippen molar-refractivity contribution in [3.63, 3.8) is 0 Å². The molecule has 1 saturated heterocycles. The van der Waals surface area contributed by atoms with Crippen molar-refractivity contribution in [2.75, 3.05) is 18.4 Å². The van der Waals surface area contributed by atoms with Gasteiger partial charge in [-0.05, 0) is 42.9 Å². The van der Waals surface area contributed by atoms with Crippen LogP contribution >= 0.6 is 0 Å². The highest BCUT2D eigenvalue weighted by atomic mass is 19.4. The standard InChI is InChI=1S/C18H19F3N2O4/c1-9(24)22-13-5-11(4-12(6-13)18(19,20)21)16(25)23-7-14(10-2-3-10)15(8-23)17(26)27/h4-6,10,14-15H,2-3,7-8H2,1H3,(H,22,24)(H,26,27)/t14-,15+/m1/s1. The molecular formula is C18H19F3N2O4. The quantitative estimate of drug-likeness (QED) is 0.836. The third kappa shape index (κ3) is 4.23. The van der Waals surface area contributed by atoms with Crippen LogP contribution in [0.25, 0.3) is 0 Å². The summed E-state index contributed by atoms with van der Waals surface area (Å²) in [4.78, 5) is 36.8. The monoisotopic (exact) mass is 384 g/mol. The van der Waals surface area contributed by atoms with Crippen LogP contribution in [0.1, 0.15) is 35.7 Å². The molecule has 1 aliphatic carbocycles. The van der Waals surface area contributed by atoms with Crippen LogP contribution < -0.4 is 5.32 Å². The Hall–Kier alpha value is -2.58. The van der Waals surface area contributed by atoms with Crippen molar-refractivity contribution < 1.29 is 32.7 Å². The molecule has 9 heteroatoms. The number of halogens is 3. The Morgan fingerprint density at radius 1 is 1.15 bits per heavy atom. The number of carbonyl (C=O) groups excluding carboxylic acids is 2. The predicted octanol–water partition coefficient (Wildman–Crippen LogP) is 2.85. The van der Waals surface area contributed by atoms with Gasteiger partial charge in [0.25, 0.3) is 5.91 Å². The van der Waals surface area contributed by atoms with Crippen LogP contribution in [0.5, 0.6) is 0 Å². The molecular weight excluding hydrogens is 365 g/mol. The summed E-state index contributed by atoms with van der Waals surface area (Å²) in [7, 11) is 0. The number of hydrogen-bond donors (Lipinski definition) is 2. The van der Waals surface area contributed by atoms with Gasteiger partial charge in [0, 0.05) is 31.3 Å². The van der Waals surface area contributed by atoms with Gasteiger partial charge in [0.05, 0.1) is 11.5 Å². The molecule has 27 heavy (non-hydrogen) atoms. The van der Waals surface area contributed by atoms with Crippen molar-refractivity contribution in [3.05, 3.63) is 29.3 Å². The lowest BCUT2D eigenvalue weighted by Gasteiger charge is -2.18. The Balaban J connectivity index is 1.89. The van der Waals surface area contributed by atoms with Gasteiger partial charge in [0.15, 0.2) is 0 Å². The van der Waals surface area contributed by atoms with Gasteiger partial charge in [-0.25, -0.2) is 0 Å². The number of benzene rings is 1. The molecule has 146 valence electrons. The first-order valence-electron chi connectivity index (χ1n) is 8.58. The summed E-state index contributed by atoms with van der Waals surface area (Å²) >= 11 is 0. The molecule has 1 aliphatic heterocycles. The van der Waals surface area contributed by atoms with E-state index in [0.29, 0.717) is 0 Å². The van der Waals surface area contributed by atoms with E-state index in [1.807, 2.05) is 0 Å². The first-order chi connectivity index (χ1) is 12.6. The van der Waals surface area contributed by atoms with Crippen LogP contribution in [0.4, 0.5) is 18.9 Å². The molecule has 2 atom stereocenters. The van der Waals surface area contributed by atoms with Gasteiger partial charge in [-0.2, -0.15) is 13.2 Å². The lowest BCUT2D eigenvalue weighted by Crippen LogP contribution is -2.30. The molecule has 1 heterocycles. The number of amides is 2. The van der Waals surface area contributed by atoms with E-state index in [0.717, 1.165) is 31.9 Å². The minimum atomic E-state index is -4.69. The minimum Gasteiger partial charge on any atom is -0.481 e. The first-order valence-corrected chi connectivity index (χ1v) is 8.58. The van der Waals surface area contributed by atoms with Crippen LogP contribution in [0.3, 0.4) is 0 Å². The maximum absolute atomic E-state index is 13.2. The molecule has 1 saturated carbocycles. The van der Waals surface area contributed by atoms with E-state index in [9.17, 15) is 32.7 Å². The second kappa shape index (κ2) is 6.86. The molecule has 0 radical (unpaired) electrons. The number of carboxylic acid groups (broad SMARTS) is 1. The van der Waals surface area contributed by atoms with Crippen molar-refractivity contribution >= 4 is 23.5 Å². The van der Waals surface area contributed by atoms with Crippen LogP contribution in [0, 0.1) is 17.8 Å². The zero-order valence-corrected chi connectivity index (χ0v) is 14.5. The van der Waals surface area contributed by atoms with E-state index < -0.39 is 35.4 Å². The molecule has 2 aliphatic rings. The average Bonchev–Trinajstić information content (AvgIpc) is 3.30. The van der Waals surface area contributed by atoms with Gasteiger partial charge in [0.1, 0.15) is 0 Å². The fourth-order valence-corrected chi connectivity index (χ4v) is 3.63. The number of aliphatic carboxylic acids is 1. The molecule has 0 spiro atoms.